The molecule has 2 heteroatoms. The van der Waals surface area contributed by atoms with Gasteiger partial charge in [0, 0.05) is 0 Å². The van der Waals surface area contributed by atoms with Gasteiger partial charge >= 0.3 is 0 Å². The van der Waals surface area contributed by atoms with Crippen LogP contribution in [0.4, 0.5) is 4.39 Å². The molecule has 1 saturated carbocycles. The van der Waals surface area contributed by atoms with Crippen molar-refractivity contribution >= 4 is 0 Å². The SMILES string of the molecule is OCc1cccc(C2CCC(F)C2)c1. The minimum atomic E-state index is -0.627. The lowest BCUT2D eigenvalue weighted by Gasteiger charge is -2.10. The van der Waals surface area contributed by atoms with Crippen LogP contribution in [0.25, 0.3) is 0 Å². The van der Waals surface area contributed by atoms with Crippen LogP contribution >= 0.6 is 0 Å². The summed E-state index contributed by atoms with van der Waals surface area (Å²) in [7, 11) is 0. The largest absolute Gasteiger partial charge is 0.392 e. The summed E-state index contributed by atoms with van der Waals surface area (Å²) in [5.74, 6) is 0.358. The van der Waals surface area contributed by atoms with Crippen molar-refractivity contribution in [3.05, 3.63) is 35.4 Å². The smallest absolute Gasteiger partial charge is 0.101 e. The molecule has 0 saturated heterocycles. The van der Waals surface area contributed by atoms with E-state index in [0.717, 1.165) is 12.0 Å². The molecule has 0 spiro atoms. The maximum absolute atomic E-state index is 13.0. The monoisotopic (exact) mass is 194 g/mol. The maximum atomic E-state index is 13.0. The molecule has 1 nitrogen and oxygen atoms in total. The van der Waals surface area contributed by atoms with Crippen LogP contribution in [-0.4, -0.2) is 11.3 Å². The zero-order valence-corrected chi connectivity index (χ0v) is 8.12. The van der Waals surface area contributed by atoms with E-state index in [9.17, 15) is 4.39 Å². The Morgan fingerprint density at radius 3 is 2.86 bits per heavy atom. The number of alkyl halides is 1. The third-order valence-corrected chi connectivity index (χ3v) is 2.97. The van der Waals surface area contributed by atoms with E-state index in [1.807, 2.05) is 24.3 Å². The standard InChI is InChI=1S/C12H15FO/c13-12-5-4-11(7-12)10-3-1-2-9(6-10)8-14/h1-3,6,11-12,14H,4-5,7-8H2. The highest BCUT2D eigenvalue weighted by atomic mass is 19.1. The van der Waals surface area contributed by atoms with Crippen molar-refractivity contribution in [3.8, 4) is 0 Å². The topological polar surface area (TPSA) is 20.2 Å². The van der Waals surface area contributed by atoms with Gasteiger partial charge in [-0.05, 0) is 36.3 Å². The van der Waals surface area contributed by atoms with Gasteiger partial charge in [0.2, 0.25) is 0 Å². The van der Waals surface area contributed by atoms with Crippen LogP contribution in [-0.2, 0) is 6.61 Å². The Hall–Kier alpha value is -0.890. The molecule has 1 aliphatic carbocycles. The molecule has 76 valence electrons. The Bertz CT molecular complexity index is 311. The first-order chi connectivity index (χ1) is 6.79. The molecule has 1 N–H and O–H groups in total. The number of rotatable bonds is 2. The Balaban J connectivity index is 2.15. The van der Waals surface area contributed by atoms with E-state index in [2.05, 4.69) is 0 Å². The lowest BCUT2D eigenvalue weighted by molar-refractivity contribution is 0.281. The summed E-state index contributed by atoms with van der Waals surface area (Å²) >= 11 is 0. The van der Waals surface area contributed by atoms with Crippen molar-refractivity contribution < 1.29 is 9.50 Å². The highest BCUT2D eigenvalue weighted by Gasteiger charge is 2.25. The van der Waals surface area contributed by atoms with E-state index in [-0.39, 0.29) is 6.61 Å². The van der Waals surface area contributed by atoms with E-state index in [4.69, 9.17) is 5.11 Å². The highest BCUT2D eigenvalue weighted by Crippen LogP contribution is 2.36. The zero-order valence-electron chi connectivity index (χ0n) is 8.12. The first kappa shape index (κ1) is 9.66. The Morgan fingerprint density at radius 1 is 1.36 bits per heavy atom. The number of aliphatic hydroxyl groups excluding tert-OH is 1. The van der Waals surface area contributed by atoms with E-state index in [0.29, 0.717) is 18.8 Å². The molecule has 14 heavy (non-hydrogen) atoms. The number of hydrogen-bond acceptors (Lipinski definition) is 1. The van der Waals surface area contributed by atoms with Crippen LogP contribution in [0.3, 0.4) is 0 Å². The van der Waals surface area contributed by atoms with Gasteiger partial charge in [0.25, 0.3) is 0 Å². The quantitative estimate of drug-likeness (QED) is 0.767. The van der Waals surface area contributed by atoms with E-state index in [1.165, 1.54) is 5.56 Å². The summed E-state index contributed by atoms with van der Waals surface area (Å²) in [5.41, 5.74) is 2.10. The lowest BCUT2D eigenvalue weighted by Crippen LogP contribution is -1.96. The van der Waals surface area contributed by atoms with Gasteiger partial charge < -0.3 is 5.11 Å². The second kappa shape index (κ2) is 4.09. The molecule has 2 rings (SSSR count). The summed E-state index contributed by atoms with van der Waals surface area (Å²) < 4.78 is 13.0. The molecule has 0 aromatic heterocycles. The third kappa shape index (κ3) is 1.95. The fourth-order valence-corrected chi connectivity index (χ4v) is 2.17. The number of halogens is 1. The molecule has 2 atom stereocenters. The van der Waals surface area contributed by atoms with Gasteiger partial charge in [-0.1, -0.05) is 24.3 Å². The van der Waals surface area contributed by atoms with Crippen LogP contribution in [0.2, 0.25) is 0 Å². The highest BCUT2D eigenvalue weighted by molar-refractivity contribution is 5.26. The van der Waals surface area contributed by atoms with Crippen LogP contribution in [0, 0.1) is 0 Å². The molecule has 0 heterocycles. The number of hydrogen-bond donors (Lipinski definition) is 1. The summed E-state index contributed by atoms with van der Waals surface area (Å²) in [6.45, 7) is 0.0691. The maximum Gasteiger partial charge on any atom is 0.101 e. The Kier molecular flexibility index (Phi) is 2.82. The molecular formula is C12H15FO. The lowest BCUT2D eigenvalue weighted by atomic mass is 9.96. The average Bonchev–Trinajstić information content (AvgIpc) is 2.65. The Morgan fingerprint density at radius 2 is 2.21 bits per heavy atom. The van der Waals surface area contributed by atoms with Crippen LogP contribution in [0.5, 0.6) is 0 Å². The summed E-state index contributed by atoms with van der Waals surface area (Å²) in [6, 6.07) is 7.85. The molecule has 0 radical (unpaired) electrons. The fraction of sp³-hybridized carbons (Fsp3) is 0.500. The fourth-order valence-electron chi connectivity index (χ4n) is 2.17. The predicted octanol–water partition coefficient (Wildman–Crippen LogP) is 2.78. The van der Waals surface area contributed by atoms with Gasteiger partial charge in [0.1, 0.15) is 6.17 Å². The molecule has 0 amide bonds. The minimum Gasteiger partial charge on any atom is -0.392 e. The number of aliphatic hydroxyl groups is 1. The third-order valence-electron chi connectivity index (χ3n) is 2.97. The van der Waals surface area contributed by atoms with E-state index >= 15 is 0 Å². The molecule has 1 aliphatic rings. The minimum absolute atomic E-state index is 0.0691. The predicted molar refractivity (Wildman–Crippen MR) is 53.9 cm³/mol. The molecule has 0 aliphatic heterocycles. The van der Waals surface area contributed by atoms with Crippen molar-refractivity contribution in [3.63, 3.8) is 0 Å². The van der Waals surface area contributed by atoms with Gasteiger partial charge in [-0.25, -0.2) is 4.39 Å². The summed E-state index contributed by atoms with van der Waals surface area (Å²) in [6.07, 6.45) is 1.65. The molecule has 1 aromatic carbocycles. The van der Waals surface area contributed by atoms with Gasteiger partial charge in [0.15, 0.2) is 0 Å². The van der Waals surface area contributed by atoms with Gasteiger partial charge in [-0.3, -0.25) is 0 Å². The summed E-state index contributed by atoms with van der Waals surface area (Å²) in [5, 5.41) is 8.98. The molecule has 2 unspecified atom stereocenters. The van der Waals surface area contributed by atoms with Gasteiger partial charge in [0.05, 0.1) is 6.61 Å². The van der Waals surface area contributed by atoms with Crippen molar-refractivity contribution in [1.82, 2.24) is 0 Å². The van der Waals surface area contributed by atoms with Crippen molar-refractivity contribution in [2.75, 3.05) is 0 Å². The second-order valence-corrected chi connectivity index (χ2v) is 4.01. The molecule has 1 aromatic rings. The normalized spacial score (nSPS) is 26.7. The van der Waals surface area contributed by atoms with Crippen LogP contribution in [0.15, 0.2) is 24.3 Å². The second-order valence-electron chi connectivity index (χ2n) is 4.01. The van der Waals surface area contributed by atoms with Crippen molar-refractivity contribution in [2.24, 2.45) is 0 Å². The number of benzene rings is 1. The zero-order chi connectivity index (χ0) is 9.97. The molecule has 0 bridgehead atoms. The average molecular weight is 194 g/mol. The summed E-state index contributed by atoms with van der Waals surface area (Å²) in [4.78, 5) is 0. The van der Waals surface area contributed by atoms with Gasteiger partial charge in [-0.15, -0.1) is 0 Å². The van der Waals surface area contributed by atoms with Crippen molar-refractivity contribution in [2.45, 2.75) is 38.0 Å². The molecular weight excluding hydrogens is 179 g/mol. The first-order valence-electron chi connectivity index (χ1n) is 5.13. The van der Waals surface area contributed by atoms with E-state index in [1.54, 1.807) is 0 Å². The Labute approximate surface area is 83.6 Å². The van der Waals surface area contributed by atoms with Crippen LogP contribution < -0.4 is 0 Å². The molecule has 1 fully saturated rings. The first-order valence-corrected chi connectivity index (χ1v) is 5.13. The van der Waals surface area contributed by atoms with E-state index < -0.39 is 6.17 Å². The van der Waals surface area contributed by atoms with Crippen LogP contribution in [0.1, 0.15) is 36.3 Å². The van der Waals surface area contributed by atoms with Crippen molar-refractivity contribution in [1.29, 1.82) is 0 Å². The van der Waals surface area contributed by atoms with Gasteiger partial charge in [-0.2, -0.15) is 0 Å².